The van der Waals surface area contributed by atoms with Crippen molar-refractivity contribution >= 4 is 17.8 Å². The molecule has 2 bridgehead atoms. The third-order valence-corrected chi connectivity index (χ3v) is 7.32. The van der Waals surface area contributed by atoms with Crippen molar-refractivity contribution in [2.45, 2.75) is 70.7 Å². The molecule has 1 spiro atoms. The molecule has 0 saturated carbocycles. The molecule has 2 amide bonds. The van der Waals surface area contributed by atoms with Gasteiger partial charge in [-0.05, 0) is 47.0 Å². The summed E-state index contributed by atoms with van der Waals surface area (Å²) in [5.41, 5.74) is -2.53. The third-order valence-electron chi connectivity index (χ3n) is 7.32. The van der Waals surface area contributed by atoms with Crippen LogP contribution in [0.5, 0.6) is 0 Å². The van der Waals surface area contributed by atoms with Crippen molar-refractivity contribution < 1.29 is 29.0 Å². The van der Waals surface area contributed by atoms with Crippen molar-refractivity contribution in [3.63, 3.8) is 0 Å². The van der Waals surface area contributed by atoms with E-state index in [-0.39, 0.29) is 37.5 Å². The standard InChI is InChI=1S/C23H36N2O6/c1-8-10-25(21(4,5)6)19(28)17-23-13-14(3)22(7,31-23)16(20(29)30-9-2)15(23)18(27)24(17)11-12-26/h8,14-17,26H,1,9-13H2,2-7H3/t14?,15-,16+,17?,22-,23?/m0/s1. The van der Waals surface area contributed by atoms with Gasteiger partial charge in [0.05, 0.1) is 24.7 Å². The van der Waals surface area contributed by atoms with Gasteiger partial charge in [0.1, 0.15) is 17.6 Å². The van der Waals surface area contributed by atoms with Gasteiger partial charge in [-0.1, -0.05) is 13.0 Å². The Morgan fingerprint density at radius 3 is 2.58 bits per heavy atom. The van der Waals surface area contributed by atoms with Crippen LogP contribution >= 0.6 is 0 Å². The zero-order valence-corrected chi connectivity index (χ0v) is 19.5. The second-order valence-corrected chi connectivity index (χ2v) is 10.1. The molecule has 3 rings (SSSR count). The third kappa shape index (κ3) is 3.30. The van der Waals surface area contributed by atoms with Crippen molar-refractivity contribution in [3.8, 4) is 0 Å². The van der Waals surface area contributed by atoms with E-state index in [9.17, 15) is 19.5 Å². The van der Waals surface area contributed by atoms with Crippen molar-refractivity contribution in [1.82, 2.24) is 9.80 Å². The van der Waals surface area contributed by atoms with E-state index in [0.29, 0.717) is 13.0 Å². The highest BCUT2D eigenvalue weighted by atomic mass is 16.6. The molecule has 0 aliphatic carbocycles. The van der Waals surface area contributed by atoms with Crippen LogP contribution in [0.15, 0.2) is 12.7 Å². The van der Waals surface area contributed by atoms with Crippen LogP contribution < -0.4 is 0 Å². The highest BCUT2D eigenvalue weighted by Gasteiger charge is 2.80. The number of rotatable bonds is 7. The Labute approximate surface area is 184 Å². The highest BCUT2D eigenvalue weighted by Crippen LogP contribution is 2.65. The summed E-state index contributed by atoms with van der Waals surface area (Å²) in [4.78, 5) is 43.6. The molecule has 0 aromatic carbocycles. The molecule has 8 heteroatoms. The number of hydrogen-bond acceptors (Lipinski definition) is 6. The van der Waals surface area contributed by atoms with Gasteiger partial charge >= 0.3 is 5.97 Å². The number of aliphatic hydroxyl groups is 1. The summed E-state index contributed by atoms with van der Waals surface area (Å²) in [7, 11) is 0. The largest absolute Gasteiger partial charge is 0.466 e. The summed E-state index contributed by atoms with van der Waals surface area (Å²) >= 11 is 0. The van der Waals surface area contributed by atoms with Crippen molar-refractivity contribution in [2.75, 3.05) is 26.3 Å². The van der Waals surface area contributed by atoms with Gasteiger partial charge in [-0.25, -0.2) is 0 Å². The summed E-state index contributed by atoms with van der Waals surface area (Å²) in [5.74, 6) is -2.68. The van der Waals surface area contributed by atoms with Crippen LogP contribution in [0.3, 0.4) is 0 Å². The van der Waals surface area contributed by atoms with Crippen LogP contribution in [0.4, 0.5) is 0 Å². The Morgan fingerprint density at radius 1 is 1.42 bits per heavy atom. The first-order chi connectivity index (χ1) is 14.4. The first kappa shape index (κ1) is 23.7. The molecule has 31 heavy (non-hydrogen) atoms. The maximum Gasteiger partial charge on any atom is 0.312 e. The average Bonchev–Trinajstić information content (AvgIpc) is 3.17. The Bertz CT molecular complexity index is 777. The van der Waals surface area contributed by atoms with E-state index in [1.165, 1.54) is 4.90 Å². The summed E-state index contributed by atoms with van der Waals surface area (Å²) in [6.07, 6.45) is 2.14. The number of ether oxygens (including phenoxy) is 2. The first-order valence-corrected chi connectivity index (χ1v) is 11.1. The summed E-state index contributed by atoms with van der Waals surface area (Å²) in [6, 6.07) is -0.917. The number of likely N-dealkylation sites (tertiary alicyclic amines) is 1. The lowest BCUT2D eigenvalue weighted by atomic mass is 9.62. The molecule has 0 aromatic heterocycles. The number of esters is 1. The number of carbonyl (C=O) groups is 3. The van der Waals surface area contributed by atoms with E-state index >= 15 is 0 Å². The van der Waals surface area contributed by atoms with Crippen LogP contribution in [0.2, 0.25) is 0 Å². The number of amides is 2. The second-order valence-electron chi connectivity index (χ2n) is 10.1. The zero-order chi connectivity index (χ0) is 23.4. The van der Waals surface area contributed by atoms with E-state index in [4.69, 9.17) is 9.47 Å². The number of aliphatic hydroxyl groups excluding tert-OH is 1. The molecule has 1 N–H and O–H groups in total. The fraction of sp³-hybridized carbons (Fsp3) is 0.783. The van der Waals surface area contributed by atoms with Crippen LogP contribution in [0.1, 0.15) is 48.0 Å². The van der Waals surface area contributed by atoms with Crippen LogP contribution in [-0.4, -0.2) is 81.8 Å². The average molecular weight is 437 g/mol. The summed E-state index contributed by atoms with van der Waals surface area (Å²) < 4.78 is 11.9. The van der Waals surface area contributed by atoms with E-state index in [2.05, 4.69) is 6.58 Å². The Balaban J connectivity index is 2.14. The monoisotopic (exact) mass is 436 g/mol. The number of fused-ring (bicyclic) bond motifs is 1. The van der Waals surface area contributed by atoms with E-state index in [0.717, 1.165) is 0 Å². The number of hydrogen-bond donors (Lipinski definition) is 1. The van der Waals surface area contributed by atoms with Gasteiger partial charge in [-0.2, -0.15) is 0 Å². The molecule has 3 unspecified atom stereocenters. The van der Waals surface area contributed by atoms with Crippen molar-refractivity contribution in [3.05, 3.63) is 12.7 Å². The van der Waals surface area contributed by atoms with Crippen molar-refractivity contribution in [2.24, 2.45) is 17.8 Å². The van der Waals surface area contributed by atoms with Gasteiger partial charge in [0, 0.05) is 18.6 Å². The second kappa shape index (κ2) is 7.89. The normalized spacial score (nSPS) is 36.5. The highest BCUT2D eigenvalue weighted by molar-refractivity contribution is 5.98. The summed E-state index contributed by atoms with van der Waals surface area (Å²) in [5, 5.41) is 9.67. The smallest absolute Gasteiger partial charge is 0.312 e. The maximum atomic E-state index is 14.0. The predicted molar refractivity (Wildman–Crippen MR) is 114 cm³/mol. The van der Waals surface area contributed by atoms with Crippen LogP contribution in [-0.2, 0) is 23.9 Å². The van der Waals surface area contributed by atoms with Gasteiger partial charge in [0.15, 0.2) is 0 Å². The van der Waals surface area contributed by atoms with Gasteiger partial charge in [-0.3, -0.25) is 14.4 Å². The van der Waals surface area contributed by atoms with Gasteiger partial charge < -0.3 is 24.4 Å². The minimum Gasteiger partial charge on any atom is -0.466 e. The van der Waals surface area contributed by atoms with Gasteiger partial charge in [0.2, 0.25) is 11.8 Å². The molecular weight excluding hydrogens is 400 g/mol. The van der Waals surface area contributed by atoms with E-state index in [1.54, 1.807) is 17.9 Å². The number of carbonyl (C=O) groups excluding carboxylic acids is 3. The Hall–Kier alpha value is -1.93. The SMILES string of the molecule is C=CCN(C(=O)C1N(CCO)C(=O)[C@@H]2[C@H](C(=O)OCC)[C@@]3(C)OC12CC3C)C(C)(C)C. The maximum absolute atomic E-state index is 14.0. The Kier molecular flexibility index (Phi) is 6.04. The van der Waals surface area contributed by atoms with E-state index < -0.39 is 40.6 Å². The fourth-order valence-electron chi connectivity index (χ4n) is 5.93. The molecule has 3 saturated heterocycles. The van der Waals surface area contributed by atoms with Gasteiger partial charge in [-0.15, -0.1) is 6.58 Å². The fourth-order valence-corrected chi connectivity index (χ4v) is 5.93. The minimum absolute atomic E-state index is 0.00353. The summed E-state index contributed by atoms with van der Waals surface area (Å²) in [6.45, 7) is 15.4. The first-order valence-electron chi connectivity index (χ1n) is 11.1. The Morgan fingerprint density at radius 2 is 2.06 bits per heavy atom. The topological polar surface area (TPSA) is 96.4 Å². The van der Waals surface area contributed by atoms with Crippen molar-refractivity contribution in [1.29, 1.82) is 0 Å². The molecule has 3 aliphatic rings. The van der Waals surface area contributed by atoms with E-state index in [1.807, 2.05) is 34.6 Å². The number of nitrogens with zero attached hydrogens (tertiary/aromatic N) is 2. The zero-order valence-electron chi connectivity index (χ0n) is 19.5. The molecule has 3 aliphatic heterocycles. The number of β-amino-alcohol motifs (C(OH)–C–C–N with tert-alkyl or cyclic N) is 1. The quantitative estimate of drug-likeness (QED) is 0.478. The molecule has 3 heterocycles. The lowest BCUT2D eigenvalue weighted by Crippen LogP contribution is -2.60. The van der Waals surface area contributed by atoms with Crippen LogP contribution in [0.25, 0.3) is 0 Å². The molecule has 6 atom stereocenters. The van der Waals surface area contributed by atoms with Gasteiger partial charge in [0.25, 0.3) is 0 Å². The molecule has 3 fully saturated rings. The lowest BCUT2D eigenvalue weighted by Gasteiger charge is -2.42. The molecule has 174 valence electrons. The molecule has 0 aromatic rings. The molecule has 8 nitrogen and oxygen atoms in total. The van der Waals surface area contributed by atoms with Crippen LogP contribution in [0, 0.1) is 17.8 Å². The molecular formula is C23H36N2O6. The minimum atomic E-state index is -1.13. The predicted octanol–water partition coefficient (Wildman–Crippen LogP) is 1.37. The lowest BCUT2D eigenvalue weighted by molar-refractivity contribution is -0.162. The molecule has 0 radical (unpaired) electrons.